The molecule has 3 rings (SSSR count). The molecular weight excluding hydrogens is 341 g/mol. The number of hydrogen-bond donors (Lipinski definition) is 0. The zero-order chi connectivity index (χ0) is 18.1. The maximum atomic E-state index is 13.0. The quantitative estimate of drug-likeness (QED) is 0.468. The fourth-order valence-corrected chi connectivity index (χ4v) is 3.92. The molecule has 1 saturated heterocycles. The van der Waals surface area contributed by atoms with Gasteiger partial charge in [0.15, 0.2) is 5.78 Å². The van der Waals surface area contributed by atoms with Crippen molar-refractivity contribution in [1.82, 2.24) is 4.90 Å². The van der Waals surface area contributed by atoms with Crippen molar-refractivity contribution in [3.8, 4) is 0 Å². The minimum atomic E-state index is -0.910. The summed E-state index contributed by atoms with van der Waals surface area (Å²) in [6.45, 7) is 3.80. The highest BCUT2D eigenvalue weighted by atomic mass is 32.1. The summed E-state index contributed by atoms with van der Waals surface area (Å²) < 4.78 is 13.0. The van der Waals surface area contributed by atoms with Crippen LogP contribution in [0, 0.1) is 11.7 Å². The number of ketones is 2. The van der Waals surface area contributed by atoms with Gasteiger partial charge in [0.05, 0.1) is 4.88 Å². The normalized spacial score (nSPS) is 17.6. The van der Waals surface area contributed by atoms with E-state index in [4.69, 9.17) is 0 Å². The predicted molar refractivity (Wildman–Crippen MR) is 93.2 cm³/mol. The van der Waals surface area contributed by atoms with Crippen LogP contribution in [-0.2, 0) is 16.0 Å². The van der Waals surface area contributed by atoms with Crippen LogP contribution in [0.4, 0.5) is 4.39 Å². The molecule has 130 valence electrons. The highest BCUT2D eigenvalue weighted by Crippen LogP contribution is 2.26. The van der Waals surface area contributed by atoms with E-state index >= 15 is 0 Å². The van der Waals surface area contributed by atoms with Gasteiger partial charge in [-0.3, -0.25) is 14.4 Å². The number of rotatable bonds is 5. The maximum Gasteiger partial charge on any atom is 0.291 e. The summed E-state index contributed by atoms with van der Waals surface area (Å²) in [6.07, 6.45) is 0.591. The van der Waals surface area contributed by atoms with E-state index in [0.717, 1.165) is 10.4 Å². The molecule has 0 radical (unpaired) electrons. The zero-order valence-corrected chi connectivity index (χ0v) is 14.8. The average molecular weight is 359 g/mol. The van der Waals surface area contributed by atoms with Crippen LogP contribution in [-0.4, -0.2) is 35.0 Å². The van der Waals surface area contributed by atoms with E-state index < -0.39 is 17.6 Å². The number of benzene rings is 1. The molecule has 0 spiro atoms. The van der Waals surface area contributed by atoms with Crippen LogP contribution in [0.5, 0.6) is 0 Å². The lowest BCUT2D eigenvalue weighted by molar-refractivity contribution is -0.141. The van der Waals surface area contributed by atoms with Gasteiger partial charge >= 0.3 is 0 Å². The molecule has 4 nitrogen and oxygen atoms in total. The molecule has 1 aromatic heterocycles. The molecule has 1 fully saturated rings. The molecule has 1 aliphatic rings. The van der Waals surface area contributed by atoms with Gasteiger partial charge in [-0.1, -0.05) is 12.1 Å². The monoisotopic (exact) mass is 359 g/mol. The molecule has 0 bridgehead atoms. The summed E-state index contributed by atoms with van der Waals surface area (Å²) in [5.74, 6) is -2.68. The Labute approximate surface area is 149 Å². The third-order valence-corrected chi connectivity index (χ3v) is 5.40. The molecule has 1 atom stereocenters. The molecular formula is C19H18FNO3S. The SMILES string of the molecule is CC(C)N1CC(C(=O)c2ccc(Cc3ccc(F)cc3)s2)C(=O)C1=O. The maximum absolute atomic E-state index is 13.0. The molecule has 1 unspecified atom stereocenters. The van der Waals surface area contributed by atoms with Crippen LogP contribution in [0.2, 0.25) is 0 Å². The molecule has 1 aromatic carbocycles. The Morgan fingerprint density at radius 1 is 1.20 bits per heavy atom. The zero-order valence-electron chi connectivity index (χ0n) is 14.0. The number of nitrogens with zero attached hydrogens (tertiary/aromatic N) is 1. The molecule has 0 N–H and O–H groups in total. The molecule has 1 amide bonds. The lowest BCUT2D eigenvalue weighted by atomic mass is 10.0. The summed E-state index contributed by atoms with van der Waals surface area (Å²) in [5, 5.41) is 0. The number of likely N-dealkylation sites (tertiary alicyclic amines) is 1. The van der Waals surface area contributed by atoms with Gasteiger partial charge in [-0.05, 0) is 43.7 Å². The van der Waals surface area contributed by atoms with Crippen LogP contribution >= 0.6 is 11.3 Å². The van der Waals surface area contributed by atoms with E-state index in [1.54, 1.807) is 18.2 Å². The first-order chi connectivity index (χ1) is 11.9. The Morgan fingerprint density at radius 3 is 2.48 bits per heavy atom. The molecule has 2 aromatic rings. The Balaban J connectivity index is 1.73. The first kappa shape index (κ1) is 17.5. The van der Waals surface area contributed by atoms with Crippen LogP contribution < -0.4 is 0 Å². The van der Waals surface area contributed by atoms with E-state index in [9.17, 15) is 18.8 Å². The summed E-state index contributed by atoms with van der Waals surface area (Å²) in [7, 11) is 0. The second-order valence-electron chi connectivity index (χ2n) is 6.40. The Hall–Kier alpha value is -2.34. The van der Waals surface area contributed by atoms with Gasteiger partial charge in [0.1, 0.15) is 11.7 Å². The number of carbonyl (C=O) groups excluding carboxylic acids is 3. The van der Waals surface area contributed by atoms with Gasteiger partial charge in [-0.25, -0.2) is 4.39 Å². The van der Waals surface area contributed by atoms with Gasteiger partial charge < -0.3 is 4.90 Å². The highest BCUT2D eigenvalue weighted by molar-refractivity contribution is 7.14. The second kappa shape index (κ2) is 6.88. The summed E-state index contributed by atoms with van der Waals surface area (Å²) in [4.78, 5) is 39.6. The van der Waals surface area contributed by atoms with Crippen molar-refractivity contribution in [3.63, 3.8) is 0 Å². The molecule has 25 heavy (non-hydrogen) atoms. The minimum Gasteiger partial charge on any atom is -0.332 e. The van der Waals surface area contributed by atoms with E-state index in [1.165, 1.54) is 28.4 Å². The fourth-order valence-electron chi connectivity index (χ4n) is 2.88. The fraction of sp³-hybridized carbons (Fsp3) is 0.316. The largest absolute Gasteiger partial charge is 0.332 e. The Morgan fingerprint density at radius 2 is 1.88 bits per heavy atom. The molecule has 6 heteroatoms. The first-order valence-electron chi connectivity index (χ1n) is 8.09. The number of amides is 1. The van der Waals surface area contributed by atoms with Gasteiger partial charge in [-0.2, -0.15) is 0 Å². The van der Waals surface area contributed by atoms with Crippen molar-refractivity contribution in [3.05, 3.63) is 57.5 Å². The van der Waals surface area contributed by atoms with Crippen molar-refractivity contribution in [2.75, 3.05) is 6.54 Å². The second-order valence-corrected chi connectivity index (χ2v) is 7.57. The predicted octanol–water partition coefficient (Wildman–Crippen LogP) is 3.10. The van der Waals surface area contributed by atoms with Crippen molar-refractivity contribution >= 4 is 28.8 Å². The van der Waals surface area contributed by atoms with Crippen molar-refractivity contribution in [2.24, 2.45) is 5.92 Å². The van der Waals surface area contributed by atoms with Crippen LogP contribution in [0.1, 0.15) is 34.0 Å². The topological polar surface area (TPSA) is 54.5 Å². The smallest absolute Gasteiger partial charge is 0.291 e. The number of hydrogen-bond acceptors (Lipinski definition) is 4. The summed E-state index contributed by atoms with van der Waals surface area (Å²) >= 11 is 1.31. The molecule has 0 aliphatic carbocycles. The average Bonchev–Trinajstić information content (AvgIpc) is 3.15. The van der Waals surface area contributed by atoms with E-state index in [-0.39, 0.29) is 24.2 Å². The Kier molecular flexibility index (Phi) is 4.81. The van der Waals surface area contributed by atoms with Crippen molar-refractivity contribution in [2.45, 2.75) is 26.3 Å². The molecule has 1 aliphatic heterocycles. The lowest BCUT2D eigenvalue weighted by Crippen LogP contribution is -2.33. The van der Waals surface area contributed by atoms with Gasteiger partial charge in [0.25, 0.3) is 5.91 Å². The van der Waals surface area contributed by atoms with Crippen LogP contribution in [0.3, 0.4) is 0 Å². The van der Waals surface area contributed by atoms with Gasteiger partial charge in [0, 0.05) is 23.9 Å². The number of carbonyl (C=O) groups is 3. The van der Waals surface area contributed by atoms with Gasteiger partial charge in [0.2, 0.25) is 5.78 Å². The summed E-state index contributed by atoms with van der Waals surface area (Å²) in [5.41, 5.74) is 0.945. The lowest BCUT2D eigenvalue weighted by Gasteiger charge is -2.19. The molecule has 2 heterocycles. The van der Waals surface area contributed by atoms with Crippen LogP contribution in [0.15, 0.2) is 36.4 Å². The third kappa shape index (κ3) is 3.54. The molecule has 0 saturated carbocycles. The van der Waals surface area contributed by atoms with E-state index in [0.29, 0.717) is 11.3 Å². The number of thiophene rings is 1. The van der Waals surface area contributed by atoms with Crippen molar-refractivity contribution in [1.29, 1.82) is 0 Å². The third-order valence-electron chi connectivity index (χ3n) is 4.30. The van der Waals surface area contributed by atoms with Crippen molar-refractivity contribution < 1.29 is 18.8 Å². The number of halogens is 1. The van der Waals surface area contributed by atoms with Crippen LogP contribution in [0.25, 0.3) is 0 Å². The summed E-state index contributed by atoms with van der Waals surface area (Å²) in [6, 6.07) is 9.64. The first-order valence-corrected chi connectivity index (χ1v) is 8.90. The standard InChI is InChI=1S/C19H18FNO3S/c1-11(2)21-10-15(18(23)19(21)24)17(22)16-8-7-14(25-16)9-12-3-5-13(20)6-4-12/h3-8,11,15H,9-10H2,1-2H3. The van der Waals surface area contributed by atoms with E-state index in [1.807, 2.05) is 19.9 Å². The van der Waals surface area contributed by atoms with Gasteiger partial charge in [-0.15, -0.1) is 11.3 Å². The Bertz CT molecular complexity index is 825. The highest BCUT2D eigenvalue weighted by Gasteiger charge is 2.44. The minimum absolute atomic E-state index is 0.105. The van der Waals surface area contributed by atoms with E-state index in [2.05, 4.69) is 0 Å². The number of Topliss-reactive ketones (excluding diaryl/α,β-unsaturated/α-hetero) is 2.